The lowest BCUT2D eigenvalue weighted by molar-refractivity contribution is -0.296. The molecule has 3 aromatic carbocycles. The van der Waals surface area contributed by atoms with Crippen molar-refractivity contribution < 1.29 is 105 Å². The van der Waals surface area contributed by atoms with Gasteiger partial charge in [-0.05, 0) is 197 Å². The summed E-state index contributed by atoms with van der Waals surface area (Å²) in [4.78, 5) is 150. The molecule has 0 aliphatic carbocycles. The number of likely N-dealkylation sites (N-methyl/N-ethyl adjacent to an activating group) is 4. The number of pyridine rings is 2. The Bertz CT molecular complexity index is 4790. The number of rotatable bonds is 26. The number of Topliss-reactive ketones (excluding diaryl/α,β-unsaturated/α-hetero) is 4. The fraction of sp³-hybridized carbons (Fsp3) is 0.637. The zero-order chi connectivity index (χ0) is 97.3. The van der Waals surface area contributed by atoms with Crippen molar-refractivity contribution in [2.24, 2.45) is 47.3 Å². The first-order chi connectivity index (χ1) is 62.5. The highest BCUT2D eigenvalue weighted by Gasteiger charge is 2.63. The van der Waals surface area contributed by atoms with Gasteiger partial charge in [-0.3, -0.25) is 48.5 Å². The number of esters is 3. The van der Waals surface area contributed by atoms with Crippen LogP contribution in [0.25, 0.3) is 34.0 Å². The quantitative estimate of drug-likeness (QED) is 0.0295. The first kappa shape index (κ1) is 107. The van der Waals surface area contributed by atoms with E-state index in [9.17, 15) is 43.5 Å². The van der Waals surface area contributed by atoms with E-state index in [1.54, 1.807) is 88.0 Å². The minimum Gasteiger partial charge on any atom is -0.458 e. The number of carbonyl (C=O) groups is 9. The molecule has 2 amide bonds. The molecular weight excluding hydrogens is 1690 g/mol. The van der Waals surface area contributed by atoms with E-state index in [0.29, 0.717) is 31.5 Å². The third-order valence-corrected chi connectivity index (χ3v) is 28.0. The molecule has 11 rings (SSSR count). The van der Waals surface area contributed by atoms with Crippen molar-refractivity contribution >= 4 is 87.2 Å². The topological polar surface area (TPSA) is 341 Å². The molecule has 6 saturated heterocycles. The van der Waals surface area contributed by atoms with Gasteiger partial charge < -0.3 is 81.9 Å². The van der Waals surface area contributed by atoms with E-state index in [2.05, 4.69) is 19.8 Å². The summed E-state index contributed by atoms with van der Waals surface area (Å²) in [6, 6.07) is 26.1. The number of para-hydroxylation sites is 2. The average molecular weight is 1840 g/mol. The van der Waals surface area contributed by atoms with Gasteiger partial charge in [-0.15, -0.1) is 0 Å². The van der Waals surface area contributed by atoms with Crippen molar-refractivity contribution in [3.63, 3.8) is 0 Å². The molecule has 0 spiro atoms. The number of ether oxygens (including phenoxy) is 11. The SMILES string of the molecule is CC[C@H]1OC(=O)[C@H](C)C(=O)[C@H](C)[C@@H](O[C@@H]2O[C@H](C)C[C@H](N(C)C)[C@H]2O)[C@](C)(OC/C=C/c2cnc3ccccc3c2)C[C@@H](C)C(=O)[C@H](C)[C@H]2N(CCN(C)CC)C(=O)O[C@]12C.CC[C@H]1OC(=O)[C@H](C)C(=O)[C@H](C)[C@@H](O[C@@H]2O[C@H](C)C[C@H](N(C)C)[C@H]2OC(=O)c2ccccc2)[C@](C)(OC/C=C/c2cnc3ccccc3c2)C[C@@H](C)C(=O)[C@H](C)[C@H]2N(CCN(C)CC)C(=O)O[C@]12C.CO. The molecule has 0 saturated carbocycles. The predicted molar refractivity (Wildman–Crippen MR) is 503 cm³/mol. The second-order valence-electron chi connectivity index (χ2n) is 38.2. The Hall–Kier alpha value is -8.89. The Labute approximate surface area is 780 Å². The van der Waals surface area contributed by atoms with Crippen LogP contribution >= 0.6 is 0 Å². The normalized spacial score (nSPS) is 33.8. The van der Waals surface area contributed by atoms with Crippen LogP contribution in [-0.4, -0.2) is 313 Å². The highest BCUT2D eigenvalue weighted by Crippen LogP contribution is 2.47. The lowest BCUT2D eigenvalue weighted by atomic mass is 9.73. The van der Waals surface area contributed by atoms with Crippen LogP contribution in [0.3, 0.4) is 0 Å². The van der Waals surface area contributed by atoms with Crippen LogP contribution in [0, 0.1) is 47.3 Å². The van der Waals surface area contributed by atoms with Crippen molar-refractivity contribution in [3.05, 3.63) is 132 Å². The molecule has 2 aromatic heterocycles. The smallest absolute Gasteiger partial charge is 0.410 e. The second-order valence-corrected chi connectivity index (χ2v) is 38.2. The summed E-state index contributed by atoms with van der Waals surface area (Å²) >= 11 is 0. The molecule has 30 heteroatoms. The van der Waals surface area contributed by atoms with Gasteiger partial charge in [0, 0.05) is 98.0 Å². The lowest BCUT2D eigenvalue weighted by Crippen LogP contribution is -2.61. The monoisotopic (exact) mass is 1840 g/mol. The molecule has 2 N–H and O–H groups in total. The molecular formula is C102H148N8O22. The molecule has 30 nitrogen and oxygen atoms in total. The van der Waals surface area contributed by atoms with Gasteiger partial charge in [-0.2, -0.15) is 0 Å². The Morgan fingerprint density at radius 3 is 1.30 bits per heavy atom. The lowest BCUT2D eigenvalue weighted by Gasteiger charge is -2.48. The second kappa shape index (κ2) is 47.0. The van der Waals surface area contributed by atoms with Crippen LogP contribution in [0.5, 0.6) is 0 Å². The van der Waals surface area contributed by atoms with Crippen molar-refractivity contribution in [1.82, 2.24) is 39.4 Å². The Morgan fingerprint density at radius 1 is 0.515 bits per heavy atom. The number of carbonyl (C=O) groups excluding carboxylic acids is 9. The zero-order valence-corrected chi connectivity index (χ0v) is 82.4. The van der Waals surface area contributed by atoms with E-state index in [0.717, 1.165) is 53.1 Å². The first-order valence-electron chi connectivity index (χ1n) is 47.0. The maximum atomic E-state index is 15.2. The number of amides is 2. The molecule has 26 atom stereocenters. The Morgan fingerprint density at radius 2 is 0.902 bits per heavy atom. The highest BCUT2D eigenvalue weighted by molar-refractivity contribution is 6.01. The minimum absolute atomic E-state index is 0.0206. The molecule has 6 aliphatic rings. The standard InChI is InChI=1S/C54H74N4O11.C47H70N4O10.CH4O/c1-13-43-54(9)47(58(52(63)69-54)27-26-57(12)14-2)35(5)44(59)33(3)31-53(8,64-28-20-21-38-30-40-24-18-19-25-41(40)55-32-38)48(36(6)45(60)37(7)49(61)66-43)68-51-46(42(56(10)11)29-34(4)65-51)67-50(62)39-22-16-15-17-23-39;1-13-37-47(9)41(51(45(56)61-47)22-21-50(12)14-2)30(5)38(52)28(3)26-46(8,57-23-17-18-33-25-34-19-15-16-20-35(34)48-27-33)42(31(6)39(53)32(7)43(55)59-37)60-44-40(54)36(49(10)11)24-29(4)58-44;1-2/h15-25,30,32-37,42-43,46-48,51H,13-14,26-29,31H2,1-12H3;15-20,25,27-32,36-37,40-42,44,54H,13-14,21-24,26H2,1-12H3;2H,1H3/b21-20+;18-17+;/t33-,34-,35+,36+,37-,42+,43-,46-,47-,48-,51+,53-,54-;28-,29-,30+,31+,32-,36+,37-,40-,41-,42-,44+,46-,47-;/m11./s1. The zero-order valence-electron chi connectivity index (χ0n) is 82.4. The largest absolute Gasteiger partial charge is 0.458 e. The van der Waals surface area contributed by atoms with Gasteiger partial charge in [0.1, 0.15) is 41.7 Å². The number of aliphatic hydroxyl groups excluding tert-OH is 2. The summed E-state index contributed by atoms with van der Waals surface area (Å²) in [5, 5.41) is 20.6. The summed E-state index contributed by atoms with van der Waals surface area (Å²) in [6.07, 6.45) is 2.19. The molecule has 8 heterocycles. The average Bonchev–Trinajstić information content (AvgIpc) is 1.58. The Kier molecular flexibility index (Phi) is 38.1. The van der Waals surface area contributed by atoms with Crippen LogP contribution in [0.4, 0.5) is 9.59 Å². The molecule has 728 valence electrons. The number of cyclic esters (lactones) is 2. The van der Waals surface area contributed by atoms with Crippen LogP contribution in [0.1, 0.15) is 185 Å². The summed E-state index contributed by atoms with van der Waals surface area (Å²) in [7, 11) is 12.4. The Balaban J connectivity index is 0.000000294. The number of benzene rings is 3. The van der Waals surface area contributed by atoms with Crippen molar-refractivity contribution in [3.8, 4) is 0 Å². The van der Waals surface area contributed by atoms with Crippen LogP contribution in [0.2, 0.25) is 0 Å². The fourth-order valence-corrected chi connectivity index (χ4v) is 20.3. The maximum Gasteiger partial charge on any atom is 0.410 e. The van der Waals surface area contributed by atoms with E-state index in [1.807, 2.05) is 212 Å². The third kappa shape index (κ3) is 24.9. The van der Waals surface area contributed by atoms with Gasteiger partial charge >= 0.3 is 30.1 Å². The number of hydrogen-bond donors (Lipinski definition) is 2. The van der Waals surface area contributed by atoms with Crippen molar-refractivity contribution in [1.29, 1.82) is 0 Å². The third-order valence-electron chi connectivity index (χ3n) is 28.0. The molecule has 6 fully saturated rings. The number of aliphatic hydroxyl groups is 2. The van der Waals surface area contributed by atoms with Crippen molar-refractivity contribution in [2.45, 2.75) is 271 Å². The number of nitrogens with zero attached hydrogens (tertiary/aromatic N) is 8. The molecule has 0 radical (unpaired) electrons. The molecule has 132 heavy (non-hydrogen) atoms. The van der Waals surface area contributed by atoms with Gasteiger partial charge in [0.2, 0.25) is 0 Å². The van der Waals surface area contributed by atoms with Gasteiger partial charge in [0.05, 0.1) is 83.6 Å². The van der Waals surface area contributed by atoms with E-state index < -0.39 is 173 Å². The van der Waals surface area contributed by atoms with Gasteiger partial charge in [0.25, 0.3) is 0 Å². The van der Waals surface area contributed by atoms with E-state index in [1.165, 1.54) is 13.8 Å². The van der Waals surface area contributed by atoms with E-state index in [-0.39, 0.29) is 87.8 Å². The summed E-state index contributed by atoms with van der Waals surface area (Å²) in [5.41, 5.74) is -1.87. The number of aromatic nitrogens is 2. The minimum atomic E-state index is -1.45. The van der Waals surface area contributed by atoms with Gasteiger partial charge in [0.15, 0.2) is 41.5 Å². The van der Waals surface area contributed by atoms with Gasteiger partial charge in [-0.1, -0.05) is 148 Å². The summed E-state index contributed by atoms with van der Waals surface area (Å²) < 4.78 is 71.6. The van der Waals surface area contributed by atoms with Crippen LogP contribution in [0.15, 0.2) is 116 Å². The van der Waals surface area contributed by atoms with Crippen LogP contribution < -0.4 is 0 Å². The maximum absolute atomic E-state index is 15.2. The molecule has 0 unspecified atom stereocenters. The van der Waals surface area contributed by atoms with E-state index >= 15 is 4.79 Å². The van der Waals surface area contributed by atoms with Crippen LogP contribution in [-0.2, 0) is 80.9 Å². The molecule has 6 aliphatic heterocycles. The predicted octanol–water partition coefficient (Wildman–Crippen LogP) is 13.0. The van der Waals surface area contributed by atoms with Gasteiger partial charge in [-0.25, -0.2) is 14.4 Å². The van der Waals surface area contributed by atoms with Crippen molar-refractivity contribution in [2.75, 3.05) is 102 Å². The van der Waals surface area contributed by atoms with E-state index in [4.69, 9.17) is 57.2 Å². The molecule has 0 bridgehead atoms. The number of ketones is 4. The number of hydrogen-bond acceptors (Lipinski definition) is 28. The molecule has 5 aromatic rings. The first-order valence-corrected chi connectivity index (χ1v) is 47.0. The summed E-state index contributed by atoms with van der Waals surface area (Å²) in [6.45, 7) is 35.3. The summed E-state index contributed by atoms with van der Waals surface area (Å²) in [5.74, 6) is -11.1. The fourth-order valence-electron chi connectivity index (χ4n) is 20.3. The highest BCUT2D eigenvalue weighted by atomic mass is 16.7. The number of fused-ring (bicyclic) bond motifs is 4.